The Labute approximate surface area is 170 Å². The molecule has 0 N–H and O–H groups in total. The standard InChI is InChI=1S/C22H29FN2O2S/c23-19-8-6-18(7-9-19)21(27)24-13-11-22(12-14-24)25(15-16-28-22)20(26)10-5-17-3-1-2-4-17/h6-9,17H,1-5,10-16H2. The fourth-order valence-corrected chi connectivity index (χ4v) is 6.44. The zero-order chi connectivity index (χ0) is 19.6. The second-order valence-electron chi connectivity index (χ2n) is 8.33. The molecule has 1 aromatic rings. The van der Waals surface area contributed by atoms with Gasteiger partial charge in [-0.2, -0.15) is 0 Å². The molecule has 0 radical (unpaired) electrons. The van der Waals surface area contributed by atoms with Crippen LogP contribution in [-0.4, -0.2) is 51.9 Å². The van der Waals surface area contributed by atoms with Crippen molar-refractivity contribution in [2.45, 2.75) is 56.2 Å². The first-order valence-corrected chi connectivity index (χ1v) is 11.6. The summed E-state index contributed by atoms with van der Waals surface area (Å²) < 4.78 is 13.1. The average molecular weight is 405 g/mol. The number of nitrogens with zero attached hydrogens (tertiary/aromatic N) is 2. The van der Waals surface area contributed by atoms with Gasteiger partial charge >= 0.3 is 0 Å². The summed E-state index contributed by atoms with van der Waals surface area (Å²) in [7, 11) is 0. The molecule has 4 rings (SSSR count). The molecule has 2 saturated heterocycles. The maximum atomic E-state index is 13.1. The van der Waals surface area contributed by atoms with E-state index in [0.717, 1.165) is 37.5 Å². The van der Waals surface area contributed by atoms with E-state index in [2.05, 4.69) is 4.90 Å². The Morgan fingerprint density at radius 1 is 1.07 bits per heavy atom. The van der Waals surface area contributed by atoms with Crippen molar-refractivity contribution in [2.24, 2.45) is 5.92 Å². The lowest BCUT2D eigenvalue weighted by atomic mass is 9.98. The first-order chi connectivity index (χ1) is 13.6. The molecule has 0 bridgehead atoms. The highest BCUT2D eigenvalue weighted by Crippen LogP contribution is 2.44. The second-order valence-corrected chi connectivity index (χ2v) is 9.79. The van der Waals surface area contributed by atoms with Crippen LogP contribution in [-0.2, 0) is 4.79 Å². The zero-order valence-electron chi connectivity index (χ0n) is 16.4. The topological polar surface area (TPSA) is 40.6 Å². The van der Waals surface area contributed by atoms with Gasteiger partial charge in [0, 0.05) is 37.4 Å². The molecule has 0 atom stereocenters. The molecule has 2 aliphatic heterocycles. The molecule has 1 aliphatic carbocycles. The molecule has 6 heteroatoms. The summed E-state index contributed by atoms with van der Waals surface area (Å²) in [6, 6.07) is 5.75. The van der Waals surface area contributed by atoms with Crippen molar-refractivity contribution < 1.29 is 14.0 Å². The van der Waals surface area contributed by atoms with Crippen molar-refractivity contribution in [1.29, 1.82) is 0 Å². The summed E-state index contributed by atoms with van der Waals surface area (Å²) in [5.74, 6) is 1.65. The minimum atomic E-state index is -0.330. The second kappa shape index (κ2) is 8.44. The van der Waals surface area contributed by atoms with Gasteiger partial charge in [0.2, 0.25) is 5.91 Å². The largest absolute Gasteiger partial charge is 0.338 e. The Kier molecular flexibility index (Phi) is 5.95. The molecule has 1 aromatic carbocycles. The number of halogens is 1. The van der Waals surface area contributed by atoms with Gasteiger partial charge < -0.3 is 9.80 Å². The molecule has 0 unspecified atom stereocenters. The van der Waals surface area contributed by atoms with Crippen LogP contribution < -0.4 is 0 Å². The molecular weight excluding hydrogens is 375 g/mol. The summed E-state index contributed by atoms with van der Waals surface area (Å²) in [5, 5.41) is 0. The van der Waals surface area contributed by atoms with E-state index in [1.54, 1.807) is 12.1 Å². The van der Waals surface area contributed by atoms with Crippen LogP contribution in [0.2, 0.25) is 0 Å². The van der Waals surface area contributed by atoms with Crippen LogP contribution in [0.25, 0.3) is 0 Å². The van der Waals surface area contributed by atoms with E-state index in [0.29, 0.717) is 31.0 Å². The number of rotatable bonds is 4. The number of thioether (sulfide) groups is 1. The Bertz CT molecular complexity index is 710. The average Bonchev–Trinajstić information content (AvgIpc) is 3.37. The zero-order valence-corrected chi connectivity index (χ0v) is 17.2. The molecule has 3 fully saturated rings. The number of likely N-dealkylation sites (tertiary alicyclic amines) is 1. The van der Waals surface area contributed by atoms with Crippen LogP contribution in [0.4, 0.5) is 4.39 Å². The fraction of sp³-hybridized carbons (Fsp3) is 0.636. The van der Waals surface area contributed by atoms with Crippen LogP contribution >= 0.6 is 11.8 Å². The van der Waals surface area contributed by atoms with Crippen LogP contribution in [0.15, 0.2) is 24.3 Å². The van der Waals surface area contributed by atoms with Crippen LogP contribution in [0, 0.1) is 11.7 Å². The summed E-state index contributed by atoms with van der Waals surface area (Å²) in [6.45, 7) is 2.13. The number of amides is 2. The van der Waals surface area contributed by atoms with E-state index in [1.807, 2.05) is 16.7 Å². The van der Waals surface area contributed by atoms with E-state index in [-0.39, 0.29) is 16.6 Å². The van der Waals surface area contributed by atoms with Crippen molar-refractivity contribution in [2.75, 3.05) is 25.4 Å². The third-order valence-electron chi connectivity index (χ3n) is 6.64. The van der Waals surface area contributed by atoms with E-state index >= 15 is 0 Å². The van der Waals surface area contributed by atoms with Crippen molar-refractivity contribution in [3.63, 3.8) is 0 Å². The van der Waals surface area contributed by atoms with E-state index in [4.69, 9.17) is 0 Å². The van der Waals surface area contributed by atoms with Gasteiger partial charge in [-0.15, -0.1) is 11.8 Å². The molecule has 152 valence electrons. The molecular formula is C22H29FN2O2S. The Hall–Kier alpha value is -1.56. The highest BCUT2D eigenvalue weighted by Gasteiger charge is 2.46. The summed E-state index contributed by atoms with van der Waals surface area (Å²) in [5.41, 5.74) is 0.529. The minimum absolute atomic E-state index is 0.0445. The van der Waals surface area contributed by atoms with Gasteiger partial charge in [0.05, 0.1) is 4.87 Å². The molecule has 3 aliphatic rings. The van der Waals surface area contributed by atoms with E-state index < -0.39 is 0 Å². The number of piperidine rings is 1. The predicted octanol–water partition coefficient (Wildman–Crippen LogP) is 4.30. The number of hydrogen-bond acceptors (Lipinski definition) is 3. The highest BCUT2D eigenvalue weighted by molar-refractivity contribution is 8.00. The molecule has 4 nitrogen and oxygen atoms in total. The SMILES string of the molecule is O=C(c1ccc(F)cc1)N1CCC2(CC1)SCCN2C(=O)CCC1CCCC1. The number of carbonyl (C=O) groups is 2. The molecule has 0 aromatic heterocycles. The van der Waals surface area contributed by atoms with Crippen LogP contribution in [0.5, 0.6) is 0 Å². The van der Waals surface area contributed by atoms with Gasteiger partial charge in [-0.3, -0.25) is 9.59 Å². The Balaban J connectivity index is 1.34. The summed E-state index contributed by atoms with van der Waals surface area (Å²) in [4.78, 5) is 29.5. The number of carbonyl (C=O) groups excluding carboxylic acids is 2. The summed E-state index contributed by atoms with van der Waals surface area (Å²) >= 11 is 1.89. The van der Waals surface area contributed by atoms with E-state index in [1.165, 1.54) is 37.8 Å². The van der Waals surface area contributed by atoms with Gasteiger partial charge in [0.1, 0.15) is 5.82 Å². The normalized spacial score (nSPS) is 22.2. The monoisotopic (exact) mass is 404 g/mol. The van der Waals surface area contributed by atoms with E-state index in [9.17, 15) is 14.0 Å². The van der Waals surface area contributed by atoms with Crippen molar-refractivity contribution in [1.82, 2.24) is 9.80 Å². The molecule has 28 heavy (non-hydrogen) atoms. The third kappa shape index (κ3) is 4.07. The van der Waals surface area contributed by atoms with Crippen LogP contribution in [0.1, 0.15) is 61.7 Å². The van der Waals surface area contributed by atoms with Gasteiger partial charge in [0.25, 0.3) is 5.91 Å². The maximum absolute atomic E-state index is 13.1. The maximum Gasteiger partial charge on any atom is 0.253 e. The molecule has 1 spiro atoms. The minimum Gasteiger partial charge on any atom is -0.338 e. The van der Waals surface area contributed by atoms with Crippen molar-refractivity contribution >= 4 is 23.6 Å². The highest BCUT2D eigenvalue weighted by atomic mass is 32.2. The lowest BCUT2D eigenvalue weighted by molar-refractivity contribution is -0.135. The van der Waals surface area contributed by atoms with Gasteiger partial charge in [0.15, 0.2) is 0 Å². The lowest BCUT2D eigenvalue weighted by Crippen LogP contribution is -2.53. The summed E-state index contributed by atoms with van der Waals surface area (Å²) in [6.07, 6.45) is 8.55. The van der Waals surface area contributed by atoms with Crippen LogP contribution in [0.3, 0.4) is 0 Å². The van der Waals surface area contributed by atoms with Crippen molar-refractivity contribution in [3.8, 4) is 0 Å². The number of benzene rings is 1. The fourth-order valence-electron chi connectivity index (χ4n) is 4.97. The smallest absolute Gasteiger partial charge is 0.253 e. The first-order valence-electron chi connectivity index (χ1n) is 10.6. The molecule has 2 amide bonds. The first kappa shape index (κ1) is 19.7. The van der Waals surface area contributed by atoms with Crippen molar-refractivity contribution in [3.05, 3.63) is 35.6 Å². The quantitative estimate of drug-likeness (QED) is 0.751. The Morgan fingerprint density at radius 2 is 1.75 bits per heavy atom. The molecule has 1 saturated carbocycles. The van der Waals surface area contributed by atoms with Gasteiger partial charge in [-0.05, 0) is 49.4 Å². The predicted molar refractivity (Wildman–Crippen MR) is 110 cm³/mol. The molecule has 2 heterocycles. The van der Waals surface area contributed by atoms with Gasteiger partial charge in [-0.1, -0.05) is 25.7 Å². The Morgan fingerprint density at radius 3 is 2.43 bits per heavy atom. The lowest BCUT2D eigenvalue weighted by Gasteiger charge is -2.44. The van der Waals surface area contributed by atoms with Gasteiger partial charge in [-0.25, -0.2) is 4.39 Å². The number of hydrogen-bond donors (Lipinski definition) is 0. The third-order valence-corrected chi connectivity index (χ3v) is 8.20.